The zero-order valence-corrected chi connectivity index (χ0v) is 17.8. The molecule has 1 N–H and O–H groups in total. The minimum atomic E-state index is -0.555. The highest BCUT2D eigenvalue weighted by atomic mass is 35.5. The molecule has 0 heterocycles. The minimum absolute atomic E-state index is 0.0217. The normalized spacial score (nSPS) is 11.9. The van der Waals surface area contributed by atoms with Gasteiger partial charge in [0.1, 0.15) is 6.04 Å². The molecule has 0 saturated heterocycles. The number of aryl methyl sites for hydroxylation is 2. The molecule has 0 aliphatic heterocycles. The number of rotatable bonds is 8. The minimum Gasteiger partial charge on any atom is -0.352 e. The molecule has 2 amide bonds. The smallest absolute Gasteiger partial charge is 0.242 e. The molecular formula is C23H29ClN2O2. The van der Waals surface area contributed by atoms with Crippen LogP contribution in [0.4, 0.5) is 0 Å². The Balaban J connectivity index is 2.18. The van der Waals surface area contributed by atoms with E-state index in [1.54, 1.807) is 11.8 Å². The zero-order chi connectivity index (χ0) is 20.7. The highest BCUT2D eigenvalue weighted by Crippen LogP contribution is 2.19. The van der Waals surface area contributed by atoms with Gasteiger partial charge < -0.3 is 10.2 Å². The Hall–Kier alpha value is -2.33. The van der Waals surface area contributed by atoms with Crippen LogP contribution in [0.1, 0.15) is 43.9 Å². The maximum atomic E-state index is 13.1. The highest BCUT2D eigenvalue weighted by Gasteiger charge is 2.26. The Kier molecular flexibility index (Phi) is 8.06. The number of benzene rings is 2. The van der Waals surface area contributed by atoms with Gasteiger partial charge in [-0.2, -0.15) is 0 Å². The summed E-state index contributed by atoms with van der Waals surface area (Å²) in [6, 6.07) is 14.9. The van der Waals surface area contributed by atoms with Gasteiger partial charge in [-0.25, -0.2) is 0 Å². The summed E-state index contributed by atoms with van der Waals surface area (Å²) in [5, 5.41) is 3.57. The third kappa shape index (κ3) is 6.10. The Labute approximate surface area is 172 Å². The molecule has 1 atom stereocenters. The Morgan fingerprint density at radius 3 is 2.21 bits per heavy atom. The van der Waals surface area contributed by atoms with E-state index >= 15 is 0 Å². The average molecular weight is 401 g/mol. The van der Waals surface area contributed by atoms with Crippen molar-refractivity contribution in [2.24, 2.45) is 0 Å². The van der Waals surface area contributed by atoms with E-state index in [1.807, 2.05) is 69.3 Å². The number of hydrogen-bond donors (Lipinski definition) is 1. The number of amides is 2. The maximum Gasteiger partial charge on any atom is 0.242 e. The van der Waals surface area contributed by atoms with Crippen LogP contribution in [-0.4, -0.2) is 28.8 Å². The predicted molar refractivity (Wildman–Crippen MR) is 114 cm³/mol. The molecule has 2 rings (SSSR count). The first-order valence-corrected chi connectivity index (χ1v) is 10.0. The molecule has 0 radical (unpaired) electrons. The molecule has 2 aromatic carbocycles. The number of carbonyl (C=O) groups excluding carboxylic acids is 2. The van der Waals surface area contributed by atoms with Gasteiger partial charge >= 0.3 is 0 Å². The van der Waals surface area contributed by atoms with Crippen LogP contribution < -0.4 is 5.32 Å². The molecule has 0 fully saturated rings. The van der Waals surface area contributed by atoms with Crippen molar-refractivity contribution in [3.8, 4) is 0 Å². The van der Waals surface area contributed by atoms with E-state index in [0.717, 1.165) is 16.7 Å². The van der Waals surface area contributed by atoms with Crippen LogP contribution in [0, 0.1) is 6.92 Å². The summed E-state index contributed by atoms with van der Waals surface area (Å²) < 4.78 is 0. The summed E-state index contributed by atoms with van der Waals surface area (Å²) in [4.78, 5) is 27.3. The van der Waals surface area contributed by atoms with Crippen molar-refractivity contribution in [2.45, 2.75) is 59.2 Å². The van der Waals surface area contributed by atoms with E-state index in [4.69, 9.17) is 11.6 Å². The molecule has 0 saturated carbocycles. The summed E-state index contributed by atoms with van der Waals surface area (Å²) in [6.45, 7) is 8.02. The van der Waals surface area contributed by atoms with Crippen molar-refractivity contribution in [3.05, 3.63) is 70.2 Å². The molecule has 0 spiro atoms. The molecule has 0 aliphatic carbocycles. The first kappa shape index (κ1) is 22.0. The van der Waals surface area contributed by atoms with Gasteiger partial charge in [-0.1, -0.05) is 54.1 Å². The van der Waals surface area contributed by atoms with E-state index in [9.17, 15) is 9.59 Å². The maximum absolute atomic E-state index is 13.1. The highest BCUT2D eigenvalue weighted by molar-refractivity contribution is 6.31. The van der Waals surface area contributed by atoms with Crippen molar-refractivity contribution < 1.29 is 9.59 Å². The fraction of sp³-hybridized carbons (Fsp3) is 0.391. The second kappa shape index (κ2) is 10.3. The summed E-state index contributed by atoms with van der Waals surface area (Å²) in [5.41, 5.74) is 3.08. The third-order valence-electron chi connectivity index (χ3n) is 4.77. The molecule has 4 nitrogen and oxygen atoms in total. The lowest BCUT2D eigenvalue weighted by Gasteiger charge is -2.30. The Bertz CT molecular complexity index is 820. The van der Waals surface area contributed by atoms with Gasteiger partial charge in [0, 0.05) is 24.0 Å². The van der Waals surface area contributed by atoms with Crippen LogP contribution in [0.2, 0.25) is 5.02 Å². The van der Waals surface area contributed by atoms with Gasteiger partial charge in [0.25, 0.3) is 0 Å². The lowest BCUT2D eigenvalue weighted by molar-refractivity contribution is -0.140. The van der Waals surface area contributed by atoms with Gasteiger partial charge in [0.05, 0.1) is 0 Å². The van der Waals surface area contributed by atoms with Gasteiger partial charge in [0.2, 0.25) is 11.8 Å². The van der Waals surface area contributed by atoms with Crippen molar-refractivity contribution in [3.63, 3.8) is 0 Å². The van der Waals surface area contributed by atoms with E-state index in [2.05, 4.69) is 5.32 Å². The molecule has 2 aromatic rings. The van der Waals surface area contributed by atoms with E-state index in [0.29, 0.717) is 24.4 Å². The van der Waals surface area contributed by atoms with Crippen LogP contribution >= 0.6 is 11.6 Å². The van der Waals surface area contributed by atoms with Crippen LogP contribution in [0.3, 0.4) is 0 Å². The fourth-order valence-electron chi connectivity index (χ4n) is 3.05. The molecule has 0 aromatic heterocycles. The predicted octanol–water partition coefficient (Wildman–Crippen LogP) is 4.52. The second-order valence-electron chi connectivity index (χ2n) is 7.38. The van der Waals surface area contributed by atoms with E-state index < -0.39 is 6.04 Å². The largest absolute Gasteiger partial charge is 0.352 e. The summed E-state index contributed by atoms with van der Waals surface area (Å²) in [6.07, 6.45) is 0.843. The van der Waals surface area contributed by atoms with Crippen LogP contribution in [-0.2, 0) is 22.6 Å². The quantitative estimate of drug-likeness (QED) is 0.708. The van der Waals surface area contributed by atoms with E-state index in [-0.39, 0.29) is 17.9 Å². The first-order chi connectivity index (χ1) is 13.3. The summed E-state index contributed by atoms with van der Waals surface area (Å²) in [5.74, 6) is -0.204. The van der Waals surface area contributed by atoms with Crippen molar-refractivity contribution in [1.29, 1.82) is 0 Å². The molecule has 28 heavy (non-hydrogen) atoms. The Morgan fingerprint density at radius 1 is 1.00 bits per heavy atom. The fourth-order valence-corrected chi connectivity index (χ4v) is 3.28. The van der Waals surface area contributed by atoms with E-state index in [1.165, 1.54) is 0 Å². The summed E-state index contributed by atoms with van der Waals surface area (Å²) >= 11 is 6.22. The van der Waals surface area contributed by atoms with Gasteiger partial charge in [-0.3, -0.25) is 9.59 Å². The molecular weight excluding hydrogens is 372 g/mol. The van der Waals surface area contributed by atoms with Gasteiger partial charge in [-0.05, 0) is 56.9 Å². The van der Waals surface area contributed by atoms with Crippen LogP contribution in [0.5, 0.6) is 0 Å². The summed E-state index contributed by atoms with van der Waals surface area (Å²) in [7, 11) is 0. The average Bonchev–Trinajstić information content (AvgIpc) is 2.65. The molecule has 0 aliphatic rings. The van der Waals surface area contributed by atoms with Gasteiger partial charge in [0.15, 0.2) is 0 Å². The lowest BCUT2D eigenvalue weighted by Crippen LogP contribution is -2.49. The molecule has 5 heteroatoms. The molecule has 0 bridgehead atoms. The Morgan fingerprint density at radius 2 is 1.61 bits per heavy atom. The van der Waals surface area contributed by atoms with Gasteiger partial charge in [-0.15, -0.1) is 0 Å². The number of halogens is 1. The van der Waals surface area contributed by atoms with Crippen molar-refractivity contribution in [1.82, 2.24) is 10.2 Å². The second-order valence-corrected chi connectivity index (χ2v) is 7.79. The topological polar surface area (TPSA) is 49.4 Å². The first-order valence-electron chi connectivity index (χ1n) is 9.67. The SMILES string of the molecule is Cc1ccccc1CN(C(=O)CCc1ccccc1Cl)[C@H](C)C(=O)NC(C)C. The lowest BCUT2D eigenvalue weighted by atomic mass is 10.1. The monoisotopic (exact) mass is 400 g/mol. The van der Waals surface area contributed by atoms with Crippen molar-refractivity contribution >= 4 is 23.4 Å². The zero-order valence-electron chi connectivity index (χ0n) is 17.0. The number of carbonyl (C=O) groups is 2. The third-order valence-corrected chi connectivity index (χ3v) is 5.13. The number of hydrogen-bond acceptors (Lipinski definition) is 2. The number of nitrogens with zero attached hydrogens (tertiary/aromatic N) is 1. The molecule has 150 valence electrons. The molecule has 0 unspecified atom stereocenters. The van der Waals surface area contributed by atoms with Crippen LogP contribution in [0.25, 0.3) is 0 Å². The van der Waals surface area contributed by atoms with Crippen molar-refractivity contribution in [2.75, 3.05) is 0 Å². The number of nitrogens with one attached hydrogen (secondary N) is 1. The standard InChI is InChI=1S/C23H29ClN2O2/c1-16(2)25-23(28)18(4)26(15-20-11-6-5-9-17(20)3)22(27)14-13-19-10-7-8-12-21(19)24/h5-12,16,18H,13-15H2,1-4H3,(H,25,28)/t18-/m1/s1. The van der Waals surface area contributed by atoms with Crippen LogP contribution in [0.15, 0.2) is 48.5 Å².